The Morgan fingerprint density at radius 2 is 1.50 bits per heavy atom. The van der Waals surface area contributed by atoms with Gasteiger partial charge in [-0.1, -0.05) is 30.3 Å². The number of aromatic nitrogens is 2. The van der Waals surface area contributed by atoms with E-state index in [1.165, 1.54) is 0 Å². The number of aldehydes is 1. The van der Waals surface area contributed by atoms with Gasteiger partial charge in [-0.25, -0.2) is 0 Å². The van der Waals surface area contributed by atoms with Gasteiger partial charge in [-0.05, 0) is 61.7 Å². The minimum absolute atomic E-state index is 0.457. The number of aliphatic hydroxyl groups excluding tert-OH is 1. The Kier molecular flexibility index (Phi) is 7.24. The third-order valence-electron chi connectivity index (χ3n) is 3.02. The molecule has 1 unspecified atom stereocenters. The molecule has 2 aromatic heterocycles. The Morgan fingerprint density at radius 1 is 0.875 bits per heavy atom. The van der Waals surface area contributed by atoms with Crippen molar-refractivity contribution in [3.8, 4) is 0 Å². The largest absolute Gasteiger partial charge is 0.382 e. The lowest BCUT2D eigenvalue weighted by Crippen LogP contribution is -2.01. The molecule has 0 saturated heterocycles. The molecule has 0 radical (unpaired) electrons. The summed E-state index contributed by atoms with van der Waals surface area (Å²) >= 11 is 6.50. The van der Waals surface area contributed by atoms with Crippen molar-refractivity contribution in [1.29, 1.82) is 0 Å². The van der Waals surface area contributed by atoms with Crippen LogP contribution in [0, 0.1) is 0 Å². The lowest BCUT2D eigenvalue weighted by Gasteiger charge is -2.09. The van der Waals surface area contributed by atoms with Gasteiger partial charge < -0.3 is 5.11 Å². The van der Waals surface area contributed by atoms with Gasteiger partial charge >= 0.3 is 0 Å². The van der Waals surface area contributed by atoms with E-state index in [0.29, 0.717) is 17.7 Å². The summed E-state index contributed by atoms with van der Waals surface area (Å²) < 4.78 is 1.79. The molecule has 4 nitrogen and oxygen atoms in total. The summed E-state index contributed by atoms with van der Waals surface area (Å²) in [6.07, 6.45) is 3.33. The van der Waals surface area contributed by atoms with Crippen molar-refractivity contribution in [2.45, 2.75) is 6.10 Å². The smallest absolute Gasteiger partial charge is 0.168 e. The first-order valence-electron chi connectivity index (χ1n) is 7.01. The molecule has 1 aromatic carbocycles. The molecule has 24 heavy (non-hydrogen) atoms. The minimum Gasteiger partial charge on any atom is -0.382 e. The first-order chi connectivity index (χ1) is 11.6. The molecule has 0 aliphatic heterocycles. The minimum atomic E-state index is -0.653. The van der Waals surface area contributed by atoms with Crippen LogP contribution in [-0.2, 0) is 0 Å². The molecule has 2 heterocycles. The van der Waals surface area contributed by atoms with Crippen LogP contribution in [-0.4, -0.2) is 21.4 Å². The van der Waals surface area contributed by atoms with Crippen molar-refractivity contribution in [2.75, 3.05) is 0 Å². The molecule has 0 saturated carbocycles. The highest BCUT2D eigenvalue weighted by molar-refractivity contribution is 9.10. The standard InChI is InChI=1S/C12H10BrNO.C6H4BrNO/c13-10-6-7-11(14-8-10)12(15)9-4-2-1-3-5-9;7-5-1-2-6(4-9)8-3-5/h1-8,12,15H;1-4H. The number of hydrogen-bond acceptors (Lipinski definition) is 4. The number of hydrogen-bond donors (Lipinski definition) is 1. The van der Waals surface area contributed by atoms with Crippen LogP contribution in [0.15, 0.2) is 75.9 Å². The van der Waals surface area contributed by atoms with Crippen LogP contribution in [0.2, 0.25) is 0 Å². The predicted molar refractivity (Wildman–Crippen MR) is 99.8 cm³/mol. The fourth-order valence-electron chi connectivity index (χ4n) is 1.81. The molecule has 0 spiro atoms. The fourth-order valence-corrected chi connectivity index (χ4v) is 2.28. The first kappa shape index (κ1) is 18.4. The van der Waals surface area contributed by atoms with E-state index in [4.69, 9.17) is 0 Å². The van der Waals surface area contributed by atoms with Crippen LogP contribution in [0.25, 0.3) is 0 Å². The van der Waals surface area contributed by atoms with Gasteiger partial charge in [0.15, 0.2) is 6.29 Å². The summed E-state index contributed by atoms with van der Waals surface area (Å²) in [4.78, 5) is 18.0. The van der Waals surface area contributed by atoms with Crippen molar-refractivity contribution in [1.82, 2.24) is 9.97 Å². The molecule has 122 valence electrons. The fraction of sp³-hybridized carbons (Fsp3) is 0.0556. The van der Waals surface area contributed by atoms with E-state index >= 15 is 0 Å². The lowest BCUT2D eigenvalue weighted by atomic mass is 10.1. The maximum atomic E-state index is 10.0. The van der Waals surface area contributed by atoms with Crippen LogP contribution < -0.4 is 0 Å². The van der Waals surface area contributed by atoms with Gasteiger partial charge in [0.2, 0.25) is 0 Å². The Morgan fingerprint density at radius 3 is 2.00 bits per heavy atom. The molecule has 0 amide bonds. The molecular weight excluding hydrogens is 436 g/mol. The molecule has 0 aliphatic carbocycles. The highest BCUT2D eigenvalue weighted by Gasteiger charge is 2.10. The Bertz CT molecular complexity index is 763. The molecule has 0 aliphatic rings. The van der Waals surface area contributed by atoms with E-state index in [2.05, 4.69) is 41.8 Å². The van der Waals surface area contributed by atoms with Gasteiger partial charge in [0.05, 0.1) is 5.69 Å². The van der Waals surface area contributed by atoms with Crippen molar-refractivity contribution in [2.24, 2.45) is 0 Å². The van der Waals surface area contributed by atoms with Gasteiger partial charge in [0, 0.05) is 21.3 Å². The zero-order chi connectivity index (χ0) is 17.4. The second kappa shape index (κ2) is 9.42. The summed E-state index contributed by atoms with van der Waals surface area (Å²) in [5, 5.41) is 10.0. The topological polar surface area (TPSA) is 63.1 Å². The van der Waals surface area contributed by atoms with Gasteiger partial charge in [0.25, 0.3) is 0 Å². The quantitative estimate of drug-likeness (QED) is 0.594. The van der Waals surface area contributed by atoms with E-state index in [9.17, 15) is 9.90 Å². The SMILES string of the molecule is O=Cc1ccc(Br)cn1.OC(c1ccccc1)c1ccc(Br)cn1. The zero-order valence-electron chi connectivity index (χ0n) is 12.5. The van der Waals surface area contributed by atoms with Gasteiger partial charge in [-0.2, -0.15) is 0 Å². The Labute approximate surface area is 156 Å². The van der Waals surface area contributed by atoms with Gasteiger partial charge in [0.1, 0.15) is 11.8 Å². The number of carbonyl (C=O) groups is 1. The summed E-state index contributed by atoms with van der Waals surface area (Å²) in [7, 11) is 0. The molecule has 0 bridgehead atoms. The predicted octanol–water partition coefficient (Wildman–Crippen LogP) is 4.58. The normalized spacial score (nSPS) is 11.1. The molecule has 1 atom stereocenters. The second-order valence-corrected chi connectivity index (χ2v) is 6.56. The average molecular weight is 450 g/mol. The number of benzene rings is 1. The summed E-state index contributed by atoms with van der Waals surface area (Å²) in [6.45, 7) is 0. The Hall–Kier alpha value is -1.89. The molecular formula is C18H14Br2N2O2. The number of rotatable bonds is 3. The van der Waals surface area contributed by atoms with E-state index in [0.717, 1.165) is 14.5 Å². The van der Waals surface area contributed by atoms with Crippen LogP contribution >= 0.6 is 31.9 Å². The van der Waals surface area contributed by atoms with Crippen molar-refractivity contribution < 1.29 is 9.90 Å². The van der Waals surface area contributed by atoms with Crippen LogP contribution in [0.1, 0.15) is 27.8 Å². The number of halogens is 2. The summed E-state index contributed by atoms with van der Waals surface area (Å²) in [6, 6.07) is 16.6. The van der Waals surface area contributed by atoms with Crippen molar-refractivity contribution in [3.63, 3.8) is 0 Å². The first-order valence-corrected chi connectivity index (χ1v) is 8.60. The zero-order valence-corrected chi connectivity index (χ0v) is 15.7. The average Bonchev–Trinajstić information content (AvgIpc) is 2.64. The van der Waals surface area contributed by atoms with E-state index < -0.39 is 6.10 Å². The van der Waals surface area contributed by atoms with Crippen LogP contribution in [0.4, 0.5) is 0 Å². The van der Waals surface area contributed by atoms with Crippen LogP contribution in [0.3, 0.4) is 0 Å². The summed E-state index contributed by atoms with van der Waals surface area (Å²) in [5.74, 6) is 0. The molecule has 1 N–H and O–H groups in total. The molecule has 3 rings (SSSR count). The third kappa shape index (κ3) is 5.63. The third-order valence-corrected chi connectivity index (χ3v) is 3.95. The number of aliphatic hydroxyl groups is 1. The molecule has 3 aromatic rings. The van der Waals surface area contributed by atoms with Crippen LogP contribution in [0.5, 0.6) is 0 Å². The van der Waals surface area contributed by atoms with Crippen molar-refractivity contribution >= 4 is 38.1 Å². The van der Waals surface area contributed by atoms with E-state index in [1.54, 1.807) is 24.5 Å². The number of nitrogens with zero attached hydrogens (tertiary/aromatic N) is 2. The molecule has 0 fully saturated rings. The second-order valence-electron chi connectivity index (χ2n) is 4.73. The maximum absolute atomic E-state index is 10.0. The van der Waals surface area contributed by atoms with Gasteiger partial charge in [-0.15, -0.1) is 0 Å². The maximum Gasteiger partial charge on any atom is 0.168 e. The number of carbonyl (C=O) groups excluding carboxylic acids is 1. The van der Waals surface area contributed by atoms with Gasteiger partial charge in [-0.3, -0.25) is 14.8 Å². The lowest BCUT2D eigenvalue weighted by molar-refractivity contribution is 0.111. The summed E-state index contributed by atoms with van der Waals surface area (Å²) in [5.41, 5.74) is 1.97. The highest BCUT2D eigenvalue weighted by atomic mass is 79.9. The van der Waals surface area contributed by atoms with E-state index in [-0.39, 0.29) is 0 Å². The Balaban J connectivity index is 0.000000198. The monoisotopic (exact) mass is 448 g/mol. The highest BCUT2D eigenvalue weighted by Crippen LogP contribution is 2.20. The van der Waals surface area contributed by atoms with Crippen molar-refractivity contribution in [3.05, 3.63) is 92.9 Å². The number of pyridine rings is 2. The van der Waals surface area contributed by atoms with E-state index in [1.807, 2.05) is 42.5 Å². The molecule has 6 heteroatoms.